The summed E-state index contributed by atoms with van der Waals surface area (Å²) in [5.41, 5.74) is 2.15. The van der Waals surface area contributed by atoms with Gasteiger partial charge in [-0.1, -0.05) is 38.1 Å². The molecule has 5 nitrogen and oxygen atoms in total. The Labute approximate surface area is 155 Å². The summed E-state index contributed by atoms with van der Waals surface area (Å²) in [6, 6.07) is 14.0. The normalized spacial score (nSPS) is 15.9. The zero-order valence-corrected chi connectivity index (χ0v) is 15.9. The van der Waals surface area contributed by atoms with E-state index in [1.54, 1.807) is 41.3 Å². The Hall–Kier alpha value is -2.34. The van der Waals surface area contributed by atoms with Crippen molar-refractivity contribution < 1.29 is 13.2 Å². The second kappa shape index (κ2) is 7.50. The molecule has 2 aromatic rings. The molecule has 1 fully saturated rings. The van der Waals surface area contributed by atoms with E-state index in [9.17, 15) is 13.2 Å². The van der Waals surface area contributed by atoms with Gasteiger partial charge in [0, 0.05) is 13.0 Å². The number of amides is 1. The number of carbonyl (C=O) groups is 1. The minimum absolute atomic E-state index is 0.0227. The molecule has 1 N–H and O–H groups in total. The number of nitrogens with zero attached hydrogens (tertiary/aromatic N) is 1. The highest BCUT2D eigenvalue weighted by atomic mass is 32.2. The molecule has 6 heteroatoms. The van der Waals surface area contributed by atoms with E-state index in [4.69, 9.17) is 0 Å². The maximum Gasteiger partial charge on any atom is 0.261 e. The number of hydrogen-bond donors (Lipinski definition) is 1. The molecule has 0 unspecified atom stereocenters. The molecule has 1 heterocycles. The second-order valence-corrected chi connectivity index (χ2v) is 8.33. The Bertz CT molecular complexity index is 892. The van der Waals surface area contributed by atoms with Gasteiger partial charge in [-0.2, -0.15) is 0 Å². The molecule has 26 heavy (non-hydrogen) atoms. The van der Waals surface area contributed by atoms with Gasteiger partial charge in [-0.05, 0) is 48.6 Å². The van der Waals surface area contributed by atoms with Gasteiger partial charge in [0.05, 0.1) is 16.3 Å². The van der Waals surface area contributed by atoms with Crippen molar-refractivity contribution in [1.29, 1.82) is 0 Å². The van der Waals surface area contributed by atoms with E-state index in [0.717, 1.165) is 18.4 Å². The van der Waals surface area contributed by atoms with Crippen molar-refractivity contribution in [3.8, 4) is 0 Å². The lowest BCUT2D eigenvalue weighted by Crippen LogP contribution is -2.25. The summed E-state index contributed by atoms with van der Waals surface area (Å²) in [4.78, 5) is 13.9. The lowest BCUT2D eigenvalue weighted by molar-refractivity contribution is -0.117. The van der Waals surface area contributed by atoms with Gasteiger partial charge < -0.3 is 4.90 Å². The molecule has 0 radical (unpaired) electrons. The van der Waals surface area contributed by atoms with Gasteiger partial charge in [0.2, 0.25) is 5.91 Å². The molecule has 2 aromatic carbocycles. The first-order valence-electron chi connectivity index (χ1n) is 8.94. The zero-order valence-electron chi connectivity index (χ0n) is 15.1. The Morgan fingerprint density at radius 3 is 2.42 bits per heavy atom. The number of rotatable bonds is 6. The third-order valence-corrected chi connectivity index (χ3v) is 6.27. The molecule has 1 amide bonds. The Morgan fingerprint density at radius 2 is 1.81 bits per heavy atom. The highest BCUT2D eigenvalue weighted by molar-refractivity contribution is 7.92. The molecule has 0 aliphatic carbocycles. The van der Waals surface area contributed by atoms with E-state index in [2.05, 4.69) is 18.6 Å². The average Bonchev–Trinajstić information content (AvgIpc) is 3.07. The standard InChI is InChI=1S/C20H24N2O3S/c1-3-15(2)16-10-12-17(13-11-16)26(24,25)21-18-7-4-5-8-19(18)22-14-6-9-20(22)23/h4-5,7-8,10-13,15,21H,3,6,9,14H2,1-2H3/t15-/m0/s1. The number of nitrogens with one attached hydrogen (secondary N) is 1. The maximum atomic E-state index is 12.8. The van der Waals surface area contributed by atoms with Gasteiger partial charge >= 0.3 is 0 Å². The minimum atomic E-state index is -3.72. The van der Waals surface area contributed by atoms with E-state index in [-0.39, 0.29) is 10.8 Å². The van der Waals surface area contributed by atoms with Crippen molar-refractivity contribution in [2.75, 3.05) is 16.2 Å². The smallest absolute Gasteiger partial charge is 0.261 e. The number of anilines is 2. The summed E-state index contributed by atoms with van der Waals surface area (Å²) in [5.74, 6) is 0.413. The second-order valence-electron chi connectivity index (χ2n) is 6.65. The van der Waals surface area contributed by atoms with Crippen LogP contribution in [0.15, 0.2) is 53.4 Å². The zero-order chi connectivity index (χ0) is 18.7. The summed E-state index contributed by atoms with van der Waals surface area (Å²) >= 11 is 0. The highest BCUT2D eigenvalue weighted by Gasteiger charge is 2.25. The van der Waals surface area contributed by atoms with Crippen LogP contribution >= 0.6 is 0 Å². The summed E-state index contributed by atoms with van der Waals surface area (Å²) in [6.45, 7) is 4.83. The summed E-state index contributed by atoms with van der Waals surface area (Å²) in [6.07, 6.45) is 2.29. The Morgan fingerprint density at radius 1 is 1.12 bits per heavy atom. The van der Waals surface area contributed by atoms with Crippen LogP contribution in [-0.2, 0) is 14.8 Å². The molecule has 0 bridgehead atoms. The Kier molecular flexibility index (Phi) is 5.32. The topological polar surface area (TPSA) is 66.5 Å². The molecule has 0 aromatic heterocycles. The van der Waals surface area contributed by atoms with Crippen LogP contribution in [0.3, 0.4) is 0 Å². The minimum Gasteiger partial charge on any atom is -0.310 e. The number of benzene rings is 2. The monoisotopic (exact) mass is 372 g/mol. The molecule has 1 saturated heterocycles. The fourth-order valence-corrected chi connectivity index (χ4v) is 4.19. The first kappa shape index (κ1) is 18.5. The number of sulfonamides is 1. The van der Waals surface area contributed by atoms with Gasteiger partial charge in [-0.15, -0.1) is 0 Å². The lowest BCUT2D eigenvalue weighted by atomic mass is 9.99. The molecule has 1 atom stereocenters. The van der Waals surface area contributed by atoms with Crippen LogP contribution in [0.1, 0.15) is 44.6 Å². The van der Waals surface area contributed by atoms with Crippen LogP contribution in [-0.4, -0.2) is 20.9 Å². The van der Waals surface area contributed by atoms with Crippen LogP contribution < -0.4 is 9.62 Å². The van der Waals surface area contributed by atoms with Crippen LogP contribution in [0.25, 0.3) is 0 Å². The van der Waals surface area contributed by atoms with Crippen molar-refractivity contribution >= 4 is 27.3 Å². The first-order chi connectivity index (χ1) is 12.4. The summed E-state index contributed by atoms with van der Waals surface area (Å²) in [7, 11) is -3.72. The molecule has 3 rings (SSSR count). The fourth-order valence-electron chi connectivity index (χ4n) is 3.11. The van der Waals surface area contributed by atoms with Gasteiger partial charge in [0.15, 0.2) is 0 Å². The molecular weight excluding hydrogens is 348 g/mol. The van der Waals surface area contributed by atoms with Crippen LogP contribution in [0.5, 0.6) is 0 Å². The lowest BCUT2D eigenvalue weighted by Gasteiger charge is -2.20. The van der Waals surface area contributed by atoms with E-state index < -0.39 is 10.0 Å². The van der Waals surface area contributed by atoms with Crippen molar-refractivity contribution in [1.82, 2.24) is 0 Å². The van der Waals surface area contributed by atoms with Crippen molar-refractivity contribution in [3.63, 3.8) is 0 Å². The third-order valence-electron chi connectivity index (χ3n) is 4.88. The molecular formula is C20H24N2O3S. The van der Waals surface area contributed by atoms with Crippen LogP contribution in [0.4, 0.5) is 11.4 Å². The molecule has 138 valence electrons. The van der Waals surface area contributed by atoms with Crippen molar-refractivity contribution in [3.05, 3.63) is 54.1 Å². The van der Waals surface area contributed by atoms with E-state index in [1.807, 2.05) is 12.1 Å². The van der Waals surface area contributed by atoms with Crippen LogP contribution in [0.2, 0.25) is 0 Å². The molecule has 0 saturated carbocycles. The average molecular weight is 372 g/mol. The van der Waals surface area contributed by atoms with E-state index >= 15 is 0 Å². The van der Waals surface area contributed by atoms with Crippen molar-refractivity contribution in [2.45, 2.75) is 43.9 Å². The number of carbonyl (C=O) groups excluding carboxylic acids is 1. The van der Waals surface area contributed by atoms with Crippen molar-refractivity contribution in [2.24, 2.45) is 0 Å². The molecule has 0 spiro atoms. The predicted molar refractivity (Wildman–Crippen MR) is 104 cm³/mol. The van der Waals surface area contributed by atoms with Gasteiger partial charge in [-0.3, -0.25) is 9.52 Å². The largest absolute Gasteiger partial charge is 0.310 e. The number of hydrogen-bond acceptors (Lipinski definition) is 3. The third kappa shape index (κ3) is 3.75. The van der Waals surface area contributed by atoms with E-state index in [0.29, 0.717) is 30.3 Å². The quantitative estimate of drug-likeness (QED) is 0.829. The predicted octanol–water partition coefficient (Wildman–Crippen LogP) is 4.13. The summed E-state index contributed by atoms with van der Waals surface area (Å²) < 4.78 is 28.2. The summed E-state index contributed by atoms with van der Waals surface area (Å²) in [5, 5.41) is 0. The van der Waals surface area contributed by atoms with E-state index in [1.165, 1.54) is 0 Å². The Balaban J connectivity index is 1.87. The fraction of sp³-hybridized carbons (Fsp3) is 0.350. The maximum absolute atomic E-state index is 12.8. The van der Waals surface area contributed by atoms with Gasteiger partial charge in [0.1, 0.15) is 0 Å². The molecule has 1 aliphatic heterocycles. The highest BCUT2D eigenvalue weighted by Crippen LogP contribution is 2.31. The molecule has 1 aliphatic rings. The van der Waals surface area contributed by atoms with Gasteiger partial charge in [0.25, 0.3) is 10.0 Å². The van der Waals surface area contributed by atoms with Gasteiger partial charge in [-0.25, -0.2) is 8.42 Å². The van der Waals surface area contributed by atoms with Crippen LogP contribution in [0, 0.1) is 0 Å². The number of para-hydroxylation sites is 2. The SMILES string of the molecule is CC[C@H](C)c1ccc(S(=O)(=O)Nc2ccccc2N2CCCC2=O)cc1. The first-order valence-corrected chi connectivity index (χ1v) is 10.4.